The van der Waals surface area contributed by atoms with Gasteiger partial charge in [0.2, 0.25) is 0 Å². The zero-order chi connectivity index (χ0) is 31.1. The van der Waals surface area contributed by atoms with Crippen molar-refractivity contribution in [1.82, 2.24) is 19.6 Å². The number of carbonyl (C=O) groups is 2. The Hall–Kier alpha value is -2.94. The Morgan fingerprint density at radius 3 is 2.45 bits per heavy atom. The molecule has 5 rings (SSSR count). The SMILES string of the molecule is CCOC(=O)CCCCN1CCCN(C(=O)c2cccc([C@H](c3cccc(O)c3)N3C[C@@H](C)N(CC4CC4)C[C@@H]3C)c2)CC1. The number of unbranched alkanes of at least 4 members (excludes halogenated alkanes) is 1. The third-order valence-electron chi connectivity index (χ3n) is 9.61. The second-order valence-electron chi connectivity index (χ2n) is 13.2. The Morgan fingerprint density at radius 2 is 1.70 bits per heavy atom. The maximum absolute atomic E-state index is 13.9. The summed E-state index contributed by atoms with van der Waals surface area (Å²) in [7, 11) is 0. The summed E-state index contributed by atoms with van der Waals surface area (Å²) in [5.41, 5.74) is 2.87. The standard InChI is InChI=1S/C36H52N4O4/c1-4-44-34(42)14-5-6-17-37-18-9-19-38(21-20-37)36(43)32-12-7-10-30(22-32)35(31-11-8-13-33(41)23-31)40-25-27(2)39(24-28(40)3)26-29-15-16-29/h7-8,10-13,22-23,27-29,35,41H,4-6,9,14-21,24-26H2,1-3H3/t27-,28+,35-/m1/s1. The fourth-order valence-electron chi connectivity index (χ4n) is 7.00. The van der Waals surface area contributed by atoms with Crippen molar-refractivity contribution < 1.29 is 19.4 Å². The van der Waals surface area contributed by atoms with E-state index in [1.54, 1.807) is 6.07 Å². The van der Waals surface area contributed by atoms with Gasteiger partial charge in [-0.3, -0.25) is 19.4 Å². The highest BCUT2D eigenvalue weighted by Crippen LogP contribution is 2.37. The number of hydrogen-bond donors (Lipinski definition) is 1. The molecule has 8 nitrogen and oxygen atoms in total. The highest BCUT2D eigenvalue weighted by Gasteiger charge is 2.37. The number of phenols is 1. The molecule has 0 aromatic heterocycles. The van der Waals surface area contributed by atoms with Crippen LogP contribution in [-0.4, -0.2) is 108 Å². The molecule has 1 saturated carbocycles. The smallest absolute Gasteiger partial charge is 0.305 e. The van der Waals surface area contributed by atoms with Crippen LogP contribution in [0.1, 0.15) is 86.8 Å². The summed E-state index contributed by atoms with van der Waals surface area (Å²) in [4.78, 5) is 35.1. The molecule has 0 unspecified atom stereocenters. The maximum atomic E-state index is 13.9. The maximum Gasteiger partial charge on any atom is 0.305 e. The van der Waals surface area contributed by atoms with Crippen molar-refractivity contribution in [3.63, 3.8) is 0 Å². The molecule has 1 aliphatic carbocycles. The molecule has 3 fully saturated rings. The van der Waals surface area contributed by atoms with E-state index in [1.807, 2.05) is 36.1 Å². The summed E-state index contributed by atoms with van der Waals surface area (Å²) in [5, 5.41) is 10.4. The van der Waals surface area contributed by atoms with E-state index in [1.165, 1.54) is 19.4 Å². The van der Waals surface area contributed by atoms with Gasteiger partial charge in [-0.25, -0.2) is 0 Å². The van der Waals surface area contributed by atoms with Crippen molar-refractivity contribution >= 4 is 11.9 Å². The minimum absolute atomic E-state index is 0.0513. The number of rotatable bonds is 12. The van der Waals surface area contributed by atoms with E-state index < -0.39 is 0 Å². The highest BCUT2D eigenvalue weighted by atomic mass is 16.5. The minimum atomic E-state index is -0.117. The predicted molar refractivity (Wildman–Crippen MR) is 174 cm³/mol. The molecule has 8 heteroatoms. The molecule has 2 heterocycles. The molecule has 1 amide bonds. The Labute approximate surface area is 263 Å². The van der Waals surface area contributed by atoms with E-state index >= 15 is 0 Å². The monoisotopic (exact) mass is 604 g/mol. The molecule has 3 atom stereocenters. The average molecular weight is 605 g/mol. The molecule has 0 spiro atoms. The zero-order valence-electron chi connectivity index (χ0n) is 27.0. The van der Waals surface area contributed by atoms with Crippen molar-refractivity contribution in [2.24, 2.45) is 5.92 Å². The molecule has 240 valence electrons. The topological polar surface area (TPSA) is 76.6 Å². The molecule has 3 aliphatic rings. The number of esters is 1. The van der Waals surface area contributed by atoms with Crippen LogP contribution < -0.4 is 0 Å². The third-order valence-corrected chi connectivity index (χ3v) is 9.61. The lowest BCUT2D eigenvalue weighted by Gasteiger charge is -2.48. The number of ether oxygens (including phenoxy) is 1. The van der Waals surface area contributed by atoms with Crippen LogP contribution in [0.25, 0.3) is 0 Å². The fraction of sp³-hybridized carbons (Fsp3) is 0.611. The van der Waals surface area contributed by atoms with Gasteiger partial charge in [-0.2, -0.15) is 0 Å². The molecule has 2 saturated heterocycles. The summed E-state index contributed by atoms with van der Waals surface area (Å²) in [5.74, 6) is 1.10. The number of nitrogens with zero attached hydrogens (tertiary/aromatic N) is 4. The number of hydrogen-bond acceptors (Lipinski definition) is 7. The molecular formula is C36H52N4O4. The van der Waals surface area contributed by atoms with Gasteiger partial charge in [0, 0.05) is 63.3 Å². The summed E-state index contributed by atoms with van der Waals surface area (Å²) in [6.07, 6.45) is 5.92. The van der Waals surface area contributed by atoms with E-state index in [9.17, 15) is 14.7 Å². The lowest BCUT2D eigenvalue weighted by atomic mass is 9.92. The number of amides is 1. The summed E-state index contributed by atoms with van der Waals surface area (Å²) < 4.78 is 5.04. The van der Waals surface area contributed by atoms with Crippen LogP contribution >= 0.6 is 0 Å². The van der Waals surface area contributed by atoms with Crippen LogP contribution in [0.4, 0.5) is 0 Å². The number of aromatic hydroxyl groups is 1. The Bertz CT molecular complexity index is 1250. The van der Waals surface area contributed by atoms with Crippen molar-refractivity contribution in [2.45, 2.75) is 77.4 Å². The van der Waals surface area contributed by atoms with Crippen molar-refractivity contribution in [2.75, 3.05) is 59.0 Å². The lowest BCUT2D eigenvalue weighted by Crippen LogP contribution is -2.57. The first-order chi connectivity index (χ1) is 21.3. The van der Waals surface area contributed by atoms with Gasteiger partial charge < -0.3 is 19.6 Å². The molecule has 2 aliphatic heterocycles. The molecule has 0 bridgehead atoms. The van der Waals surface area contributed by atoms with E-state index in [0.717, 1.165) is 81.1 Å². The molecule has 0 radical (unpaired) electrons. The van der Waals surface area contributed by atoms with Gasteiger partial charge in [0.1, 0.15) is 5.75 Å². The zero-order valence-corrected chi connectivity index (χ0v) is 27.0. The molecule has 2 aromatic carbocycles. The van der Waals surface area contributed by atoms with Gasteiger partial charge in [-0.15, -0.1) is 0 Å². The Balaban J connectivity index is 1.27. The van der Waals surface area contributed by atoms with E-state index in [0.29, 0.717) is 31.7 Å². The summed E-state index contributed by atoms with van der Waals surface area (Å²) in [6.45, 7) is 14.3. The first kappa shape index (κ1) is 32.5. The first-order valence-electron chi connectivity index (χ1n) is 16.9. The summed E-state index contributed by atoms with van der Waals surface area (Å²) in [6, 6.07) is 16.5. The largest absolute Gasteiger partial charge is 0.508 e. The predicted octanol–water partition coefficient (Wildman–Crippen LogP) is 5.17. The number of piperazine rings is 1. The van der Waals surface area contributed by atoms with E-state index in [2.05, 4.69) is 46.7 Å². The third kappa shape index (κ3) is 8.61. The van der Waals surface area contributed by atoms with Gasteiger partial charge >= 0.3 is 5.97 Å². The fourth-order valence-corrected chi connectivity index (χ4v) is 7.00. The van der Waals surface area contributed by atoms with Gasteiger partial charge in [-0.05, 0) is 107 Å². The van der Waals surface area contributed by atoms with Crippen LogP contribution in [0.15, 0.2) is 48.5 Å². The van der Waals surface area contributed by atoms with Crippen molar-refractivity contribution in [1.29, 1.82) is 0 Å². The number of phenolic OH excluding ortho intramolecular Hbond substituents is 1. The average Bonchev–Trinajstić information content (AvgIpc) is 3.85. The normalized spacial score (nSPS) is 22.8. The van der Waals surface area contributed by atoms with Crippen LogP contribution in [0.3, 0.4) is 0 Å². The van der Waals surface area contributed by atoms with Crippen LogP contribution in [0.5, 0.6) is 5.75 Å². The second-order valence-corrected chi connectivity index (χ2v) is 13.2. The second kappa shape index (κ2) is 15.4. The van der Waals surface area contributed by atoms with Crippen LogP contribution in [0, 0.1) is 5.92 Å². The van der Waals surface area contributed by atoms with Crippen molar-refractivity contribution in [3.8, 4) is 5.75 Å². The van der Waals surface area contributed by atoms with E-state index in [4.69, 9.17) is 4.74 Å². The molecule has 2 aromatic rings. The van der Waals surface area contributed by atoms with Crippen LogP contribution in [-0.2, 0) is 9.53 Å². The molecule has 44 heavy (non-hydrogen) atoms. The van der Waals surface area contributed by atoms with Crippen LogP contribution in [0.2, 0.25) is 0 Å². The van der Waals surface area contributed by atoms with Gasteiger partial charge in [-0.1, -0.05) is 24.3 Å². The van der Waals surface area contributed by atoms with Crippen molar-refractivity contribution in [3.05, 3.63) is 65.2 Å². The van der Waals surface area contributed by atoms with E-state index in [-0.39, 0.29) is 23.7 Å². The highest BCUT2D eigenvalue weighted by molar-refractivity contribution is 5.94. The molecule has 1 N–H and O–H groups in total. The number of carbonyl (C=O) groups excluding carboxylic acids is 2. The summed E-state index contributed by atoms with van der Waals surface area (Å²) >= 11 is 0. The van der Waals surface area contributed by atoms with Gasteiger partial charge in [0.05, 0.1) is 12.6 Å². The first-order valence-corrected chi connectivity index (χ1v) is 16.9. The van der Waals surface area contributed by atoms with Gasteiger partial charge in [0.25, 0.3) is 5.91 Å². The Kier molecular flexibility index (Phi) is 11.3. The quantitative estimate of drug-likeness (QED) is 0.265. The Morgan fingerprint density at radius 1 is 0.932 bits per heavy atom. The molecular weight excluding hydrogens is 552 g/mol. The number of benzene rings is 2. The minimum Gasteiger partial charge on any atom is -0.508 e. The van der Waals surface area contributed by atoms with Gasteiger partial charge in [0.15, 0.2) is 0 Å². The lowest BCUT2D eigenvalue weighted by molar-refractivity contribution is -0.143.